The van der Waals surface area contributed by atoms with Gasteiger partial charge in [-0.2, -0.15) is 0 Å². The number of hydrogen-bond donors (Lipinski definition) is 2. The molecule has 1 atom stereocenters. The van der Waals surface area contributed by atoms with Crippen LogP contribution in [0.4, 0.5) is 0 Å². The minimum atomic E-state index is -0.0546. The van der Waals surface area contributed by atoms with Crippen molar-refractivity contribution >= 4 is 0 Å². The molecule has 2 aliphatic rings. The highest BCUT2D eigenvalue weighted by Gasteiger charge is 2.30. The van der Waals surface area contributed by atoms with E-state index in [1.54, 1.807) is 6.07 Å². The van der Waals surface area contributed by atoms with E-state index in [2.05, 4.69) is 19.9 Å². The summed E-state index contributed by atoms with van der Waals surface area (Å²) in [5.41, 5.74) is 3.41. The lowest BCUT2D eigenvalue weighted by atomic mass is 10.0. The predicted molar refractivity (Wildman–Crippen MR) is 91.9 cm³/mol. The van der Waals surface area contributed by atoms with Gasteiger partial charge >= 0.3 is 0 Å². The Labute approximate surface area is 141 Å². The Kier molecular flexibility index (Phi) is 4.22. The third-order valence-electron chi connectivity index (χ3n) is 5.21. The average Bonchev–Trinajstić information content (AvgIpc) is 3.20. The van der Waals surface area contributed by atoms with E-state index >= 15 is 0 Å². The first-order chi connectivity index (χ1) is 11.7. The number of hydrogen-bond acceptors (Lipinski definition) is 4. The lowest BCUT2D eigenvalue weighted by molar-refractivity contribution is 0.234. The average molecular weight is 327 g/mol. The molecule has 6 nitrogen and oxygen atoms in total. The minimum absolute atomic E-state index is 0.0546. The van der Waals surface area contributed by atoms with E-state index in [4.69, 9.17) is 4.98 Å². The topological polar surface area (TPSA) is 77.7 Å². The fourth-order valence-electron chi connectivity index (χ4n) is 3.97. The number of nitrogens with zero attached hydrogens (tertiary/aromatic N) is 3. The van der Waals surface area contributed by atoms with Gasteiger partial charge in [0.05, 0.1) is 18.3 Å². The molecule has 128 valence electrons. The Bertz CT molecular complexity index is 754. The Morgan fingerprint density at radius 1 is 1.21 bits per heavy atom. The molecule has 0 aromatic carbocycles. The molecule has 2 N–H and O–H groups in total. The molecular formula is C18H25N5O. The normalized spacial score (nSPS) is 21.1. The van der Waals surface area contributed by atoms with Crippen LogP contribution in [0.1, 0.15) is 67.4 Å². The highest BCUT2D eigenvalue weighted by molar-refractivity contribution is 5.19. The van der Waals surface area contributed by atoms with Gasteiger partial charge in [0, 0.05) is 17.5 Å². The summed E-state index contributed by atoms with van der Waals surface area (Å²) < 4.78 is 0. The first-order valence-corrected chi connectivity index (χ1v) is 9.13. The molecule has 0 amide bonds. The van der Waals surface area contributed by atoms with E-state index in [0.29, 0.717) is 12.6 Å². The van der Waals surface area contributed by atoms with Crippen molar-refractivity contribution in [3.63, 3.8) is 0 Å². The lowest BCUT2D eigenvalue weighted by Crippen LogP contribution is -2.26. The Morgan fingerprint density at radius 3 is 2.92 bits per heavy atom. The van der Waals surface area contributed by atoms with Crippen LogP contribution in [-0.4, -0.2) is 31.4 Å². The van der Waals surface area contributed by atoms with E-state index in [1.807, 2.05) is 6.92 Å². The fraction of sp³-hybridized carbons (Fsp3) is 0.611. The summed E-state index contributed by atoms with van der Waals surface area (Å²) in [6.07, 6.45) is 7.80. The second-order valence-electron chi connectivity index (χ2n) is 6.92. The smallest absolute Gasteiger partial charge is 0.251 e. The zero-order valence-corrected chi connectivity index (χ0v) is 14.3. The van der Waals surface area contributed by atoms with Crippen LogP contribution in [0.3, 0.4) is 0 Å². The van der Waals surface area contributed by atoms with Gasteiger partial charge in [-0.1, -0.05) is 6.92 Å². The summed E-state index contributed by atoms with van der Waals surface area (Å²) in [6, 6.07) is 1.90. The molecule has 0 saturated carbocycles. The van der Waals surface area contributed by atoms with Crippen molar-refractivity contribution in [3.05, 3.63) is 45.2 Å². The van der Waals surface area contributed by atoms with Crippen molar-refractivity contribution in [2.75, 3.05) is 6.54 Å². The summed E-state index contributed by atoms with van der Waals surface area (Å²) in [7, 11) is 0. The van der Waals surface area contributed by atoms with Gasteiger partial charge in [-0.3, -0.25) is 9.69 Å². The maximum absolute atomic E-state index is 11.8. The molecule has 1 unspecified atom stereocenters. The van der Waals surface area contributed by atoms with Gasteiger partial charge in [0.1, 0.15) is 11.6 Å². The van der Waals surface area contributed by atoms with Crippen LogP contribution in [-0.2, 0) is 25.8 Å². The minimum Gasteiger partial charge on any atom is -0.344 e. The summed E-state index contributed by atoms with van der Waals surface area (Å²) in [5, 5.41) is 0. The molecular weight excluding hydrogens is 302 g/mol. The predicted octanol–water partition coefficient (Wildman–Crippen LogP) is 2.27. The molecule has 0 radical (unpaired) electrons. The number of likely N-dealkylation sites (tertiary alicyclic amines) is 1. The van der Waals surface area contributed by atoms with E-state index in [9.17, 15) is 4.79 Å². The van der Waals surface area contributed by atoms with Gasteiger partial charge in [-0.05, 0) is 51.5 Å². The lowest BCUT2D eigenvalue weighted by Gasteiger charge is -2.22. The second kappa shape index (κ2) is 6.51. The number of fused-ring (bicyclic) bond motifs is 1. The maximum atomic E-state index is 11.8. The largest absolute Gasteiger partial charge is 0.344 e. The van der Waals surface area contributed by atoms with Crippen molar-refractivity contribution < 1.29 is 0 Å². The van der Waals surface area contributed by atoms with Gasteiger partial charge in [0.15, 0.2) is 0 Å². The monoisotopic (exact) mass is 327 g/mol. The van der Waals surface area contributed by atoms with Crippen molar-refractivity contribution in [1.29, 1.82) is 0 Å². The first kappa shape index (κ1) is 15.6. The number of rotatable bonds is 4. The van der Waals surface area contributed by atoms with Crippen molar-refractivity contribution in [2.24, 2.45) is 0 Å². The molecule has 24 heavy (non-hydrogen) atoms. The quantitative estimate of drug-likeness (QED) is 0.903. The number of nitrogens with one attached hydrogen (secondary N) is 2. The van der Waals surface area contributed by atoms with E-state index in [1.165, 1.54) is 24.2 Å². The molecule has 1 fully saturated rings. The summed E-state index contributed by atoms with van der Waals surface area (Å²) in [6.45, 7) is 3.73. The van der Waals surface area contributed by atoms with E-state index < -0.39 is 0 Å². The SMILES string of the molecule is CCc1cc(=O)[nH]c(CN2CCCC2c2nc3c([nH]2)CCCC3)n1. The van der Waals surface area contributed by atoms with Gasteiger partial charge in [0.25, 0.3) is 5.56 Å². The molecule has 1 aliphatic heterocycles. The number of aromatic nitrogens is 4. The van der Waals surface area contributed by atoms with Crippen LogP contribution in [0.15, 0.2) is 10.9 Å². The summed E-state index contributed by atoms with van der Waals surface area (Å²) >= 11 is 0. The van der Waals surface area contributed by atoms with E-state index in [0.717, 1.165) is 56.0 Å². The maximum Gasteiger partial charge on any atom is 0.251 e. The van der Waals surface area contributed by atoms with Gasteiger partial charge in [0.2, 0.25) is 0 Å². The van der Waals surface area contributed by atoms with Crippen molar-refractivity contribution in [3.8, 4) is 0 Å². The van der Waals surface area contributed by atoms with E-state index in [-0.39, 0.29) is 5.56 Å². The highest BCUT2D eigenvalue weighted by Crippen LogP contribution is 2.32. The molecule has 1 saturated heterocycles. The van der Waals surface area contributed by atoms with Gasteiger partial charge in [-0.25, -0.2) is 9.97 Å². The highest BCUT2D eigenvalue weighted by atomic mass is 16.1. The zero-order chi connectivity index (χ0) is 16.5. The van der Waals surface area contributed by atoms with Crippen LogP contribution in [0.5, 0.6) is 0 Å². The third kappa shape index (κ3) is 3.02. The molecule has 4 rings (SSSR count). The molecule has 3 heterocycles. The van der Waals surface area contributed by atoms with Gasteiger partial charge < -0.3 is 9.97 Å². The number of H-pyrrole nitrogens is 2. The van der Waals surface area contributed by atoms with Crippen LogP contribution in [0, 0.1) is 0 Å². The number of aryl methyl sites for hydroxylation is 3. The van der Waals surface area contributed by atoms with Crippen LogP contribution < -0.4 is 5.56 Å². The molecule has 0 spiro atoms. The molecule has 1 aliphatic carbocycles. The molecule has 2 aromatic heterocycles. The number of imidazole rings is 1. The van der Waals surface area contributed by atoms with Crippen LogP contribution in [0.2, 0.25) is 0 Å². The molecule has 2 aromatic rings. The standard InChI is InChI=1S/C18H25N5O/c1-2-12-10-17(24)22-16(19-12)11-23-9-5-8-15(23)18-20-13-6-3-4-7-14(13)21-18/h10,15H,2-9,11H2,1H3,(H,20,21)(H,19,22,24). The Morgan fingerprint density at radius 2 is 2.08 bits per heavy atom. The van der Waals surface area contributed by atoms with Crippen molar-refractivity contribution in [2.45, 2.75) is 64.5 Å². The van der Waals surface area contributed by atoms with Crippen LogP contribution in [0.25, 0.3) is 0 Å². The second-order valence-corrected chi connectivity index (χ2v) is 6.92. The third-order valence-corrected chi connectivity index (χ3v) is 5.21. The van der Waals surface area contributed by atoms with Gasteiger partial charge in [-0.15, -0.1) is 0 Å². The Hall–Kier alpha value is -1.95. The Balaban J connectivity index is 1.56. The molecule has 0 bridgehead atoms. The first-order valence-electron chi connectivity index (χ1n) is 9.13. The molecule has 6 heteroatoms. The number of aromatic amines is 2. The van der Waals surface area contributed by atoms with Crippen LogP contribution >= 0.6 is 0 Å². The zero-order valence-electron chi connectivity index (χ0n) is 14.3. The van der Waals surface area contributed by atoms with Crippen molar-refractivity contribution in [1.82, 2.24) is 24.8 Å². The summed E-state index contributed by atoms with van der Waals surface area (Å²) in [5.74, 6) is 1.87. The summed E-state index contributed by atoms with van der Waals surface area (Å²) in [4.78, 5) is 30.1. The fourth-order valence-corrected chi connectivity index (χ4v) is 3.97.